The highest BCUT2D eigenvalue weighted by molar-refractivity contribution is 5.45. The van der Waals surface area contributed by atoms with E-state index in [2.05, 4.69) is 20.6 Å². The Morgan fingerprint density at radius 2 is 2.13 bits per heavy atom. The fourth-order valence-electron chi connectivity index (χ4n) is 1.01. The van der Waals surface area contributed by atoms with Gasteiger partial charge in [-0.1, -0.05) is 0 Å². The molecule has 0 saturated carbocycles. The second kappa shape index (κ2) is 6.97. The Labute approximate surface area is 88.7 Å². The normalized spacial score (nSPS) is 10.0. The Morgan fingerprint density at radius 1 is 1.33 bits per heavy atom. The van der Waals surface area contributed by atoms with Crippen molar-refractivity contribution in [3.05, 3.63) is 12.4 Å². The molecular weight excluding hydrogens is 196 g/mol. The third-order valence-corrected chi connectivity index (χ3v) is 1.71. The lowest BCUT2D eigenvalue weighted by atomic mass is 10.5. The van der Waals surface area contributed by atoms with Gasteiger partial charge in [0.05, 0.1) is 19.8 Å². The van der Waals surface area contributed by atoms with Crippen molar-refractivity contribution in [2.75, 3.05) is 44.0 Å². The molecule has 0 aromatic carbocycles. The Bertz CT molecular complexity index is 283. The zero-order chi connectivity index (χ0) is 10.9. The molecule has 0 atom stereocenters. The first kappa shape index (κ1) is 11.7. The summed E-state index contributed by atoms with van der Waals surface area (Å²) in [5, 5.41) is 14.5. The Morgan fingerprint density at radius 3 is 2.87 bits per heavy atom. The molecule has 1 heterocycles. The third kappa shape index (κ3) is 4.57. The molecule has 6 nitrogen and oxygen atoms in total. The van der Waals surface area contributed by atoms with Gasteiger partial charge >= 0.3 is 0 Å². The first-order valence-corrected chi connectivity index (χ1v) is 4.79. The number of hydrogen-bond donors (Lipinski definition) is 3. The highest BCUT2D eigenvalue weighted by atomic mass is 16.5. The van der Waals surface area contributed by atoms with E-state index in [-0.39, 0.29) is 6.61 Å². The SMILES string of the molecule is CNc1cc(NCCOCCO)ncn1. The van der Waals surface area contributed by atoms with Crippen molar-refractivity contribution in [2.45, 2.75) is 0 Å². The molecule has 0 aliphatic heterocycles. The van der Waals surface area contributed by atoms with Gasteiger partial charge in [-0.25, -0.2) is 9.97 Å². The maximum Gasteiger partial charge on any atom is 0.131 e. The van der Waals surface area contributed by atoms with Crippen molar-refractivity contribution in [1.29, 1.82) is 0 Å². The molecule has 84 valence electrons. The third-order valence-electron chi connectivity index (χ3n) is 1.71. The standard InChI is InChI=1S/C9H16N4O2/c1-10-8-6-9(13-7-12-8)11-2-4-15-5-3-14/h6-7,14H,2-5H2,1H3,(H2,10,11,12,13). The number of anilines is 2. The van der Waals surface area contributed by atoms with Crippen molar-refractivity contribution in [1.82, 2.24) is 9.97 Å². The maximum absolute atomic E-state index is 8.48. The number of ether oxygens (including phenoxy) is 1. The lowest BCUT2D eigenvalue weighted by Crippen LogP contribution is -2.12. The van der Waals surface area contributed by atoms with Crippen molar-refractivity contribution >= 4 is 11.6 Å². The van der Waals surface area contributed by atoms with Crippen LogP contribution >= 0.6 is 0 Å². The molecule has 0 unspecified atom stereocenters. The first-order valence-electron chi connectivity index (χ1n) is 4.79. The van der Waals surface area contributed by atoms with Gasteiger partial charge in [0.1, 0.15) is 18.0 Å². The maximum atomic E-state index is 8.48. The van der Waals surface area contributed by atoms with Crippen molar-refractivity contribution in [3.63, 3.8) is 0 Å². The Hall–Kier alpha value is -1.40. The van der Waals surface area contributed by atoms with E-state index in [1.807, 2.05) is 6.07 Å². The summed E-state index contributed by atoms with van der Waals surface area (Å²) in [6.07, 6.45) is 1.49. The minimum atomic E-state index is 0.0530. The summed E-state index contributed by atoms with van der Waals surface area (Å²) < 4.78 is 5.09. The van der Waals surface area contributed by atoms with Gasteiger partial charge < -0.3 is 20.5 Å². The van der Waals surface area contributed by atoms with Crippen LogP contribution in [0.5, 0.6) is 0 Å². The lowest BCUT2D eigenvalue weighted by molar-refractivity contribution is 0.0992. The van der Waals surface area contributed by atoms with Gasteiger partial charge in [0.15, 0.2) is 0 Å². The van der Waals surface area contributed by atoms with Gasteiger partial charge in [-0.3, -0.25) is 0 Å². The molecule has 0 aliphatic carbocycles. The largest absolute Gasteiger partial charge is 0.394 e. The van der Waals surface area contributed by atoms with Crippen LogP contribution in [0.4, 0.5) is 11.6 Å². The van der Waals surface area contributed by atoms with E-state index in [9.17, 15) is 0 Å². The molecule has 0 radical (unpaired) electrons. The van der Waals surface area contributed by atoms with Crippen molar-refractivity contribution in [3.8, 4) is 0 Å². The molecule has 0 bridgehead atoms. The van der Waals surface area contributed by atoms with Crippen LogP contribution in [0.2, 0.25) is 0 Å². The van der Waals surface area contributed by atoms with Crippen molar-refractivity contribution in [2.24, 2.45) is 0 Å². The summed E-state index contributed by atoms with van der Waals surface area (Å²) in [4.78, 5) is 8.03. The van der Waals surface area contributed by atoms with Crippen LogP contribution in [0.1, 0.15) is 0 Å². The Kier molecular flexibility index (Phi) is 5.42. The summed E-state index contributed by atoms with van der Waals surface area (Å²) in [6, 6.07) is 1.81. The van der Waals surface area contributed by atoms with Gasteiger partial charge in [0, 0.05) is 19.7 Å². The average Bonchev–Trinajstić information content (AvgIpc) is 2.29. The quantitative estimate of drug-likeness (QED) is 0.549. The number of aliphatic hydroxyl groups is 1. The molecule has 15 heavy (non-hydrogen) atoms. The highest BCUT2D eigenvalue weighted by Crippen LogP contribution is 2.06. The predicted molar refractivity (Wildman–Crippen MR) is 58.0 cm³/mol. The van der Waals surface area contributed by atoms with Gasteiger partial charge in [-0.05, 0) is 0 Å². The molecule has 1 aromatic rings. The number of aromatic nitrogens is 2. The zero-order valence-corrected chi connectivity index (χ0v) is 8.73. The van der Waals surface area contributed by atoms with E-state index in [0.29, 0.717) is 19.8 Å². The molecule has 0 spiro atoms. The second-order valence-corrected chi connectivity index (χ2v) is 2.80. The van der Waals surface area contributed by atoms with Crippen LogP contribution in [-0.2, 0) is 4.74 Å². The minimum absolute atomic E-state index is 0.0530. The molecule has 0 saturated heterocycles. The van der Waals surface area contributed by atoms with Gasteiger partial charge in [0.2, 0.25) is 0 Å². The fraction of sp³-hybridized carbons (Fsp3) is 0.556. The summed E-state index contributed by atoms with van der Waals surface area (Å²) in [5.74, 6) is 1.52. The van der Waals surface area contributed by atoms with Crippen LogP contribution < -0.4 is 10.6 Å². The second-order valence-electron chi connectivity index (χ2n) is 2.80. The van der Waals surface area contributed by atoms with Gasteiger partial charge in [-0.2, -0.15) is 0 Å². The van der Waals surface area contributed by atoms with E-state index < -0.39 is 0 Å². The minimum Gasteiger partial charge on any atom is -0.394 e. The average molecular weight is 212 g/mol. The number of nitrogens with one attached hydrogen (secondary N) is 2. The van der Waals surface area contributed by atoms with E-state index in [1.165, 1.54) is 6.33 Å². The van der Waals surface area contributed by atoms with E-state index in [1.54, 1.807) is 7.05 Å². The first-order chi connectivity index (χ1) is 7.36. The van der Waals surface area contributed by atoms with Crippen LogP contribution in [0.3, 0.4) is 0 Å². The molecule has 1 rings (SSSR count). The predicted octanol–water partition coefficient (Wildman–Crippen LogP) is -0.0609. The molecule has 1 aromatic heterocycles. The van der Waals surface area contributed by atoms with Crippen LogP contribution in [0, 0.1) is 0 Å². The topological polar surface area (TPSA) is 79.3 Å². The summed E-state index contributed by atoms with van der Waals surface area (Å²) >= 11 is 0. The van der Waals surface area contributed by atoms with Crippen LogP contribution in [-0.4, -0.2) is 48.5 Å². The monoisotopic (exact) mass is 212 g/mol. The molecule has 0 aliphatic rings. The van der Waals surface area contributed by atoms with Gasteiger partial charge in [-0.15, -0.1) is 0 Å². The number of hydrogen-bond acceptors (Lipinski definition) is 6. The molecule has 0 fully saturated rings. The fourth-order valence-corrected chi connectivity index (χ4v) is 1.01. The van der Waals surface area contributed by atoms with E-state index in [0.717, 1.165) is 11.6 Å². The zero-order valence-electron chi connectivity index (χ0n) is 8.73. The molecule has 3 N–H and O–H groups in total. The van der Waals surface area contributed by atoms with Crippen LogP contribution in [0.15, 0.2) is 12.4 Å². The number of aliphatic hydroxyl groups excluding tert-OH is 1. The van der Waals surface area contributed by atoms with Gasteiger partial charge in [0.25, 0.3) is 0 Å². The lowest BCUT2D eigenvalue weighted by Gasteiger charge is -2.06. The van der Waals surface area contributed by atoms with Crippen molar-refractivity contribution < 1.29 is 9.84 Å². The summed E-state index contributed by atoms with van der Waals surface area (Å²) in [7, 11) is 1.80. The number of rotatable bonds is 7. The summed E-state index contributed by atoms with van der Waals surface area (Å²) in [5.41, 5.74) is 0. The highest BCUT2D eigenvalue weighted by Gasteiger charge is 1.95. The number of nitrogens with zero attached hydrogens (tertiary/aromatic N) is 2. The molecule has 6 heteroatoms. The van der Waals surface area contributed by atoms with Crippen LogP contribution in [0.25, 0.3) is 0 Å². The Balaban J connectivity index is 2.24. The summed E-state index contributed by atoms with van der Waals surface area (Å²) in [6.45, 7) is 1.62. The van der Waals surface area contributed by atoms with E-state index >= 15 is 0 Å². The molecule has 0 amide bonds. The van der Waals surface area contributed by atoms with E-state index in [4.69, 9.17) is 9.84 Å². The smallest absolute Gasteiger partial charge is 0.131 e. The molecular formula is C9H16N4O2.